The highest BCUT2D eigenvalue weighted by Gasteiger charge is 2.19. The number of fused-ring (bicyclic) bond motifs is 1. The third kappa shape index (κ3) is 4.15. The minimum atomic E-state index is -0.786. The van der Waals surface area contributed by atoms with Crippen LogP contribution in [-0.4, -0.2) is 23.6 Å². The van der Waals surface area contributed by atoms with Crippen molar-refractivity contribution in [3.8, 4) is 0 Å². The molecule has 5 nitrogen and oxygen atoms in total. The Balaban J connectivity index is 2.06. The van der Waals surface area contributed by atoms with Gasteiger partial charge >= 0.3 is 11.8 Å². The first kappa shape index (κ1) is 15.7. The standard InChI is InChI=1S/C17H19N3O2/c1-17(2,3)19-15(21)16(22)20-18-11-13-9-6-8-12-7-4-5-10-14(12)13/h4-11H,1-3H3,(H,19,21)(H,20,22). The summed E-state index contributed by atoms with van der Waals surface area (Å²) in [5.74, 6) is -1.49. The predicted molar refractivity (Wildman–Crippen MR) is 87.6 cm³/mol. The highest BCUT2D eigenvalue weighted by atomic mass is 16.2. The molecule has 114 valence electrons. The van der Waals surface area contributed by atoms with Crippen molar-refractivity contribution in [3.05, 3.63) is 48.0 Å². The SMILES string of the molecule is CC(C)(C)NC(=O)C(=O)NN=Cc1cccc2ccccc12. The van der Waals surface area contributed by atoms with Crippen molar-refractivity contribution in [3.63, 3.8) is 0 Å². The molecule has 0 saturated heterocycles. The molecule has 0 saturated carbocycles. The second-order valence-electron chi connectivity index (χ2n) is 5.97. The van der Waals surface area contributed by atoms with Crippen molar-refractivity contribution in [2.75, 3.05) is 0 Å². The van der Waals surface area contributed by atoms with Crippen molar-refractivity contribution in [1.82, 2.24) is 10.7 Å². The molecule has 0 fully saturated rings. The molecule has 0 spiro atoms. The van der Waals surface area contributed by atoms with Crippen LogP contribution in [0.3, 0.4) is 0 Å². The average Bonchev–Trinajstić information content (AvgIpc) is 2.45. The summed E-state index contributed by atoms with van der Waals surface area (Å²) in [6.45, 7) is 5.41. The number of nitrogens with zero attached hydrogens (tertiary/aromatic N) is 1. The van der Waals surface area contributed by atoms with E-state index in [9.17, 15) is 9.59 Å². The normalized spacial score (nSPS) is 11.6. The predicted octanol–water partition coefficient (Wildman–Crippen LogP) is 2.20. The van der Waals surface area contributed by atoms with E-state index in [1.54, 1.807) is 20.8 Å². The van der Waals surface area contributed by atoms with Crippen LogP contribution in [0, 0.1) is 0 Å². The molecule has 0 aliphatic carbocycles. The lowest BCUT2D eigenvalue weighted by Gasteiger charge is -2.19. The van der Waals surface area contributed by atoms with Crippen molar-refractivity contribution in [2.45, 2.75) is 26.3 Å². The number of hydrazone groups is 1. The van der Waals surface area contributed by atoms with Crippen molar-refractivity contribution < 1.29 is 9.59 Å². The van der Waals surface area contributed by atoms with Crippen LogP contribution >= 0.6 is 0 Å². The third-order valence-corrected chi connectivity index (χ3v) is 2.89. The number of carbonyl (C=O) groups excluding carboxylic acids is 2. The van der Waals surface area contributed by atoms with Gasteiger partial charge in [-0.1, -0.05) is 42.5 Å². The van der Waals surface area contributed by atoms with Crippen LogP contribution in [0.25, 0.3) is 10.8 Å². The molecular weight excluding hydrogens is 278 g/mol. The summed E-state index contributed by atoms with van der Waals surface area (Å²) in [4.78, 5) is 23.3. The molecule has 2 N–H and O–H groups in total. The topological polar surface area (TPSA) is 70.6 Å². The zero-order valence-electron chi connectivity index (χ0n) is 12.9. The Bertz CT molecular complexity index is 725. The van der Waals surface area contributed by atoms with Crippen LogP contribution < -0.4 is 10.7 Å². The van der Waals surface area contributed by atoms with Crippen molar-refractivity contribution in [2.24, 2.45) is 5.10 Å². The van der Waals surface area contributed by atoms with E-state index in [1.807, 2.05) is 42.5 Å². The van der Waals surface area contributed by atoms with Gasteiger partial charge in [0.25, 0.3) is 0 Å². The monoisotopic (exact) mass is 297 g/mol. The summed E-state index contributed by atoms with van der Waals surface area (Å²) in [6.07, 6.45) is 1.53. The number of amides is 2. The van der Waals surface area contributed by atoms with Gasteiger partial charge in [0.05, 0.1) is 6.21 Å². The molecule has 2 amide bonds. The Morgan fingerprint density at radius 1 is 1.00 bits per heavy atom. The van der Waals surface area contributed by atoms with Gasteiger partial charge in [0.1, 0.15) is 0 Å². The van der Waals surface area contributed by atoms with Crippen LogP contribution in [0.4, 0.5) is 0 Å². The molecule has 0 aliphatic rings. The number of rotatable bonds is 2. The van der Waals surface area contributed by atoms with Gasteiger partial charge < -0.3 is 5.32 Å². The van der Waals surface area contributed by atoms with Crippen molar-refractivity contribution >= 4 is 28.8 Å². The molecule has 0 aromatic heterocycles. The van der Waals surface area contributed by atoms with E-state index in [0.29, 0.717) is 0 Å². The minimum Gasteiger partial charge on any atom is -0.343 e. The van der Waals surface area contributed by atoms with Gasteiger partial charge in [-0.05, 0) is 31.5 Å². The fourth-order valence-electron chi connectivity index (χ4n) is 1.97. The van der Waals surface area contributed by atoms with Gasteiger partial charge in [-0.2, -0.15) is 5.10 Å². The summed E-state index contributed by atoms with van der Waals surface area (Å²) < 4.78 is 0. The van der Waals surface area contributed by atoms with Crippen LogP contribution in [-0.2, 0) is 9.59 Å². The smallest absolute Gasteiger partial charge is 0.329 e. The first-order valence-electron chi connectivity index (χ1n) is 7.00. The van der Waals surface area contributed by atoms with E-state index >= 15 is 0 Å². The fraction of sp³-hybridized carbons (Fsp3) is 0.235. The second-order valence-corrected chi connectivity index (χ2v) is 5.97. The highest BCUT2D eigenvalue weighted by molar-refractivity contribution is 6.35. The molecule has 0 heterocycles. The maximum absolute atomic E-state index is 11.6. The third-order valence-electron chi connectivity index (χ3n) is 2.89. The quantitative estimate of drug-likeness (QED) is 0.507. The van der Waals surface area contributed by atoms with E-state index in [-0.39, 0.29) is 0 Å². The van der Waals surface area contributed by atoms with Crippen molar-refractivity contribution in [1.29, 1.82) is 0 Å². The Labute approximate surface area is 129 Å². The number of hydrogen-bond donors (Lipinski definition) is 2. The Morgan fingerprint density at radius 2 is 1.68 bits per heavy atom. The number of carbonyl (C=O) groups is 2. The molecule has 2 rings (SSSR count). The Hall–Kier alpha value is -2.69. The maximum atomic E-state index is 11.6. The van der Waals surface area contributed by atoms with Gasteiger partial charge in [-0.15, -0.1) is 0 Å². The van der Waals surface area contributed by atoms with Crippen LogP contribution in [0.5, 0.6) is 0 Å². The van der Waals surface area contributed by atoms with Crippen LogP contribution in [0.15, 0.2) is 47.6 Å². The lowest BCUT2D eigenvalue weighted by atomic mass is 10.1. The van der Waals surface area contributed by atoms with Crippen LogP contribution in [0.1, 0.15) is 26.3 Å². The van der Waals surface area contributed by atoms with E-state index in [0.717, 1.165) is 16.3 Å². The molecule has 0 aliphatic heterocycles. The molecule has 0 unspecified atom stereocenters. The summed E-state index contributed by atoms with van der Waals surface area (Å²) in [7, 11) is 0. The molecule has 5 heteroatoms. The van der Waals surface area contributed by atoms with E-state index < -0.39 is 17.4 Å². The lowest BCUT2D eigenvalue weighted by Crippen LogP contribution is -2.47. The van der Waals surface area contributed by atoms with Gasteiger partial charge in [0.2, 0.25) is 0 Å². The van der Waals surface area contributed by atoms with E-state index in [2.05, 4.69) is 15.8 Å². The largest absolute Gasteiger partial charge is 0.343 e. The van der Waals surface area contributed by atoms with E-state index in [1.165, 1.54) is 6.21 Å². The van der Waals surface area contributed by atoms with Gasteiger partial charge in [-0.3, -0.25) is 9.59 Å². The summed E-state index contributed by atoms with van der Waals surface area (Å²) in [5.41, 5.74) is 2.64. The molecule has 2 aromatic carbocycles. The Kier molecular flexibility index (Phi) is 4.56. The van der Waals surface area contributed by atoms with Gasteiger partial charge in [0, 0.05) is 11.1 Å². The molecular formula is C17H19N3O2. The fourth-order valence-corrected chi connectivity index (χ4v) is 1.97. The number of nitrogens with one attached hydrogen (secondary N) is 2. The summed E-state index contributed by atoms with van der Waals surface area (Å²) in [6, 6.07) is 13.7. The summed E-state index contributed by atoms with van der Waals surface area (Å²) in [5, 5.41) is 8.55. The molecule has 2 aromatic rings. The van der Waals surface area contributed by atoms with Gasteiger partial charge in [0.15, 0.2) is 0 Å². The lowest BCUT2D eigenvalue weighted by molar-refractivity contribution is -0.140. The average molecular weight is 297 g/mol. The number of hydrogen-bond acceptors (Lipinski definition) is 3. The molecule has 0 bridgehead atoms. The first-order chi connectivity index (χ1) is 10.4. The maximum Gasteiger partial charge on any atom is 0.329 e. The highest BCUT2D eigenvalue weighted by Crippen LogP contribution is 2.16. The summed E-state index contributed by atoms with van der Waals surface area (Å²) >= 11 is 0. The molecule has 0 radical (unpaired) electrons. The van der Waals surface area contributed by atoms with Crippen LogP contribution in [0.2, 0.25) is 0 Å². The second kappa shape index (κ2) is 6.39. The minimum absolute atomic E-state index is 0.465. The zero-order valence-corrected chi connectivity index (χ0v) is 12.9. The zero-order chi connectivity index (χ0) is 16.2. The first-order valence-corrected chi connectivity index (χ1v) is 7.00. The molecule has 0 atom stereocenters. The Morgan fingerprint density at radius 3 is 2.41 bits per heavy atom. The van der Waals surface area contributed by atoms with Gasteiger partial charge in [-0.25, -0.2) is 5.43 Å². The van der Waals surface area contributed by atoms with E-state index in [4.69, 9.17) is 0 Å². The molecule has 22 heavy (non-hydrogen) atoms. The number of benzene rings is 2.